The molecular weight excluding hydrogens is 279 g/mol. The molecule has 0 amide bonds. The van der Waals surface area contributed by atoms with E-state index in [1.807, 2.05) is 0 Å². The molecule has 0 saturated heterocycles. The highest BCUT2D eigenvalue weighted by molar-refractivity contribution is 6.48. The van der Waals surface area contributed by atoms with E-state index in [9.17, 15) is 9.18 Å². The van der Waals surface area contributed by atoms with Crippen LogP contribution in [0.15, 0.2) is 35.1 Å². The van der Waals surface area contributed by atoms with Crippen molar-refractivity contribution >= 4 is 16.6 Å². The summed E-state index contributed by atoms with van der Waals surface area (Å²) in [4.78, 5) is 16.9. The monoisotopic (exact) mass is 292 g/mol. The van der Waals surface area contributed by atoms with E-state index in [2.05, 4.69) is 4.98 Å². The zero-order chi connectivity index (χ0) is 14.9. The van der Waals surface area contributed by atoms with E-state index in [0.29, 0.717) is 27.8 Å². The molecule has 0 aliphatic heterocycles. The van der Waals surface area contributed by atoms with E-state index < -0.39 is 5.82 Å². The number of nitrogens with zero attached hydrogens (tertiary/aromatic N) is 2. The van der Waals surface area contributed by atoms with E-state index in [4.69, 9.17) is 11.6 Å². The van der Waals surface area contributed by atoms with Crippen LogP contribution in [-0.4, -0.2) is 9.55 Å². The smallest absolute Gasteiger partial charge is 0.267 e. The van der Waals surface area contributed by atoms with Crippen molar-refractivity contribution in [3.05, 3.63) is 63.6 Å². The summed E-state index contributed by atoms with van der Waals surface area (Å²) in [7, 11) is 0. The molecule has 104 valence electrons. The fourth-order valence-corrected chi connectivity index (χ4v) is 2.32. The van der Waals surface area contributed by atoms with Crippen molar-refractivity contribution in [1.82, 2.24) is 9.55 Å². The summed E-state index contributed by atoms with van der Waals surface area (Å²) < 4.78 is 14.7. The molecule has 20 heavy (non-hydrogen) atoms. The van der Waals surface area contributed by atoms with Gasteiger partial charge in [-0.3, -0.25) is 9.36 Å². The maximum Gasteiger partial charge on any atom is 0.267 e. The first-order valence-corrected chi connectivity index (χ1v) is 6.52. The maximum atomic E-state index is 13.3. The van der Waals surface area contributed by atoms with E-state index in [1.54, 1.807) is 39.0 Å². The van der Waals surface area contributed by atoms with Crippen LogP contribution < -0.4 is 5.56 Å². The third-order valence-electron chi connectivity index (χ3n) is 2.99. The standard InChI is InChI=1S/C15H14ClFN2O/c1-4-13(16)14-9(2)18-10(3)19(15(14)20)12-7-5-6-11(17)8-12/h4-8H,1-3H3/b13-4+. The molecule has 0 saturated carbocycles. The molecule has 0 aliphatic rings. The molecule has 5 heteroatoms. The van der Waals surface area contributed by atoms with E-state index in [-0.39, 0.29) is 5.56 Å². The van der Waals surface area contributed by atoms with Crippen LogP contribution in [0.1, 0.15) is 24.0 Å². The second-order valence-corrected chi connectivity index (χ2v) is 4.78. The molecule has 1 aromatic carbocycles. The topological polar surface area (TPSA) is 34.9 Å². The Hall–Kier alpha value is -1.94. The van der Waals surface area contributed by atoms with Crippen LogP contribution >= 0.6 is 11.6 Å². The van der Waals surface area contributed by atoms with Gasteiger partial charge in [-0.2, -0.15) is 0 Å². The van der Waals surface area contributed by atoms with Crippen LogP contribution in [0.25, 0.3) is 10.7 Å². The van der Waals surface area contributed by atoms with Crippen molar-refractivity contribution in [2.75, 3.05) is 0 Å². The van der Waals surface area contributed by atoms with Gasteiger partial charge in [-0.05, 0) is 39.0 Å². The Bertz CT molecular complexity index is 750. The fourth-order valence-electron chi connectivity index (χ4n) is 2.10. The van der Waals surface area contributed by atoms with E-state index >= 15 is 0 Å². The van der Waals surface area contributed by atoms with Crippen LogP contribution in [0, 0.1) is 19.7 Å². The molecule has 0 aliphatic carbocycles. The molecule has 0 N–H and O–H groups in total. The summed E-state index contributed by atoms with van der Waals surface area (Å²) in [5, 5.41) is 0.338. The van der Waals surface area contributed by atoms with Gasteiger partial charge in [-0.25, -0.2) is 9.37 Å². The summed E-state index contributed by atoms with van der Waals surface area (Å²) in [6.07, 6.45) is 1.64. The van der Waals surface area contributed by atoms with Crippen LogP contribution in [0.4, 0.5) is 4.39 Å². The zero-order valence-corrected chi connectivity index (χ0v) is 12.2. The van der Waals surface area contributed by atoms with Gasteiger partial charge in [0.05, 0.1) is 22.0 Å². The maximum absolute atomic E-state index is 13.3. The first kappa shape index (κ1) is 14.5. The second kappa shape index (κ2) is 5.59. The number of rotatable bonds is 2. The van der Waals surface area contributed by atoms with Crippen LogP contribution in [0.3, 0.4) is 0 Å². The van der Waals surface area contributed by atoms with Crippen molar-refractivity contribution in [3.63, 3.8) is 0 Å². The number of aromatic nitrogens is 2. The van der Waals surface area contributed by atoms with Crippen molar-refractivity contribution in [2.24, 2.45) is 0 Å². The van der Waals surface area contributed by atoms with Gasteiger partial charge in [0.1, 0.15) is 11.6 Å². The predicted octanol–water partition coefficient (Wildman–Crippen LogP) is 3.59. The summed E-state index contributed by atoms with van der Waals surface area (Å²) in [6, 6.07) is 5.82. The Morgan fingerprint density at radius 1 is 1.40 bits per heavy atom. The lowest BCUT2D eigenvalue weighted by molar-refractivity contribution is 0.625. The number of halogens is 2. The fraction of sp³-hybridized carbons (Fsp3) is 0.200. The third-order valence-corrected chi connectivity index (χ3v) is 3.40. The number of allylic oxidation sites excluding steroid dienone is 1. The van der Waals surface area contributed by atoms with Crippen LogP contribution in [0.5, 0.6) is 0 Å². The normalized spacial score (nSPS) is 11.8. The van der Waals surface area contributed by atoms with Gasteiger partial charge in [-0.15, -0.1) is 0 Å². The summed E-state index contributed by atoms with van der Waals surface area (Å²) >= 11 is 6.08. The van der Waals surface area contributed by atoms with Crippen LogP contribution in [0.2, 0.25) is 0 Å². The van der Waals surface area contributed by atoms with Gasteiger partial charge < -0.3 is 0 Å². The zero-order valence-electron chi connectivity index (χ0n) is 11.4. The van der Waals surface area contributed by atoms with Gasteiger partial charge in [0.15, 0.2) is 0 Å². The molecule has 2 rings (SSSR count). The molecule has 0 spiro atoms. The van der Waals surface area contributed by atoms with Gasteiger partial charge in [0.2, 0.25) is 0 Å². The molecule has 1 aromatic heterocycles. The Labute approximate surface area is 121 Å². The minimum Gasteiger partial charge on any atom is -0.268 e. The Morgan fingerprint density at radius 2 is 2.10 bits per heavy atom. The minimum absolute atomic E-state index is 0.302. The SMILES string of the molecule is C/C=C(/Cl)c1c(C)nc(C)n(-c2cccc(F)c2)c1=O. The minimum atomic E-state index is -0.409. The number of hydrogen-bond donors (Lipinski definition) is 0. The molecule has 0 atom stereocenters. The largest absolute Gasteiger partial charge is 0.268 e. The highest BCUT2D eigenvalue weighted by Gasteiger charge is 2.15. The predicted molar refractivity (Wildman–Crippen MR) is 78.8 cm³/mol. The number of aryl methyl sites for hydroxylation is 2. The highest BCUT2D eigenvalue weighted by Crippen LogP contribution is 2.19. The lowest BCUT2D eigenvalue weighted by Gasteiger charge is -2.13. The lowest BCUT2D eigenvalue weighted by atomic mass is 10.2. The molecule has 2 aromatic rings. The van der Waals surface area contributed by atoms with Gasteiger partial charge >= 0.3 is 0 Å². The van der Waals surface area contributed by atoms with E-state index in [0.717, 1.165) is 0 Å². The molecule has 0 bridgehead atoms. The van der Waals surface area contributed by atoms with Crippen LogP contribution in [-0.2, 0) is 0 Å². The van der Waals surface area contributed by atoms with Crippen molar-refractivity contribution in [1.29, 1.82) is 0 Å². The summed E-state index contributed by atoms with van der Waals surface area (Å²) in [6.45, 7) is 5.17. The Morgan fingerprint density at radius 3 is 2.70 bits per heavy atom. The Balaban J connectivity index is 2.81. The quantitative estimate of drug-likeness (QED) is 0.848. The highest BCUT2D eigenvalue weighted by atomic mass is 35.5. The van der Waals surface area contributed by atoms with Gasteiger partial charge in [-0.1, -0.05) is 23.7 Å². The molecular formula is C15H14ClFN2O. The van der Waals surface area contributed by atoms with Crippen molar-refractivity contribution < 1.29 is 4.39 Å². The van der Waals surface area contributed by atoms with Crippen molar-refractivity contribution in [2.45, 2.75) is 20.8 Å². The molecule has 3 nitrogen and oxygen atoms in total. The average Bonchev–Trinajstić information content (AvgIpc) is 2.37. The summed E-state index contributed by atoms with van der Waals surface area (Å²) in [5.41, 5.74) is 1.03. The summed E-state index contributed by atoms with van der Waals surface area (Å²) in [5.74, 6) is 0.0791. The second-order valence-electron chi connectivity index (χ2n) is 4.38. The third kappa shape index (κ3) is 2.51. The Kier molecular flexibility index (Phi) is 4.04. The number of hydrogen-bond acceptors (Lipinski definition) is 2. The average molecular weight is 293 g/mol. The molecule has 0 fully saturated rings. The lowest BCUT2D eigenvalue weighted by Crippen LogP contribution is -2.26. The van der Waals surface area contributed by atoms with Gasteiger partial charge in [0.25, 0.3) is 5.56 Å². The molecule has 0 unspecified atom stereocenters. The first-order chi connectivity index (χ1) is 9.45. The first-order valence-electron chi connectivity index (χ1n) is 6.14. The molecule has 0 radical (unpaired) electrons. The van der Waals surface area contributed by atoms with E-state index in [1.165, 1.54) is 16.7 Å². The number of benzene rings is 1. The molecule has 1 heterocycles. The van der Waals surface area contributed by atoms with Gasteiger partial charge in [0, 0.05) is 0 Å². The van der Waals surface area contributed by atoms with Crippen molar-refractivity contribution in [3.8, 4) is 5.69 Å².